The number of piperidine rings is 1. The Hall–Kier alpha value is -2.37. The largest absolute Gasteiger partial charge is 0.388 e. The minimum atomic E-state index is -0.387. The summed E-state index contributed by atoms with van der Waals surface area (Å²) in [5, 5.41) is 11.6. The Balaban J connectivity index is 1.34. The minimum Gasteiger partial charge on any atom is -0.388 e. The normalized spacial score (nSPS) is 16.1. The van der Waals surface area contributed by atoms with Gasteiger partial charge in [-0.2, -0.15) is 0 Å². The Labute approximate surface area is 170 Å². The summed E-state index contributed by atoms with van der Waals surface area (Å²) in [7, 11) is 0. The molecule has 1 atom stereocenters. The second kappa shape index (κ2) is 9.22. The van der Waals surface area contributed by atoms with E-state index in [1.54, 1.807) is 11.8 Å². The molecule has 0 spiro atoms. The maximum absolute atomic E-state index is 10.7. The summed E-state index contributed by atoms with van der Waals surface area (Å²) in [6.07, 6.45) is 5.21. The number of benzene rings is 2. The number of hydrogen-bond donors (Lipinski definition) is 1. The number of aliphatic hydroxyl groups excluding tert-OH is 1. The number of rotatable bonds is 6. The molecule has 0 radical (unpaired) electrons. The van der Waals surface area contributed by atoms with Crippen LogP contribution in [0.1, 0.15) is 30.1 Å². The Morgan fingerprint density at radius 3 is 2.36 bits per heavy atom. The Bertz CT molecular complexity index is 867. The molecule has 1 saturated heterocycles. The zero-order valence-electron chi connectivity index (χ0n) is 15.8. The first-order valence-electron chi connectivity index (χ1n) is 9.76. The van der Waals surface area contributed by atoms with Crippen molar-refractivity contribution in [2.24, 2.45) is 5.92 Å². The number of hydrogen-bond acceptors (Lipinski definition) is 5. The van der Waals surface area contributed by atoms with Crippen LogP contribution in [-0.2, 0) is 5.75 Å². The number of aliphatic hydroxyl groups is 1. The van der Waals surface area contributed by atoms with Crippen LogP contribution in [0.4, 0.5) is 5.82 Å². The van der Waals surface area contributed by atoms with Gasteiger partial charge in [0.2, 0.25) is 0 Å². The highest BCUT2D eigenvalue weighted by Crippen LogP contribution is 2.32. The van der Waals surface area contributed by atoms with Crippen molar-refractivity contribution in [2.75, 3.05) is 18.0 Å². The van der Waals surface area contributed by atoms with Crippen LogP contribution in [0.5, 0.6) is 0 Å². The van der Waals surface area contributed by atoms with Crippen molar-refractivity contribution < 1.29 is 5.11 Å². The lowest BCUT2D eigenvalue weighted by atomic mass is 9.87. The molecule has 4 nitrogen and oxygen atoms in total. The predicted molar refractivity (Wildman–Crippen MR) is 114 cm³/mol. The topological polar surface area (TPSA) is 49.2 Å². The van der Waals surface area contributed by atoms with E-state index < -0.39 is 0 Å². The van der Waals surface area contributed by atoms with Crippen molar-refractivity contribution in [3.05, 3.63) is 84.2 Å². The monoisotopic (exact) mass is 391 g/mol. The zero-order chi connectivity index (χ0) is 19.2. The molecule has 0 saturated carbocycles. The van der Waals surface area contributed by atoms with Gasteiger partial charge in [-0.1, -0.05) is 60.7 Å². The van der Waals surface area contributed by atoms with Gasteiger partial charge in [0.05, 0.1) is 18.5 Å². The van der Waals surface area contributed by atoms with Gasteiger partial charge in [0.25, 0.3) is 0 Å². The van der Waals surface area contributed by atoms with Gasteiger partial charge in [0.15, 0.2) is 0 Å². The molecule has 1 aliphatic rings. The number of aromatic nitrogens is 2. The molecule has 1 aliphatic heterocycles. The van der Waals surface area contributed by atoms with Crippen molar-refractivity contribution in [2.45, 2.75) is 29.7 Å². The molecule has 2 aromatic carbocycles. The molecule has 0 aliphatic carbocycles. The standard InChI is InChI=1S/C23H25N3OS/c27-23(19-9-5-2-6-10-19)20-11-13-26(14-12-20)21-15-24-16-22(25-21)28-17-18-7-3-1-4-8-18/h1-10,15-16,20,23,27H,11-14,17H2. The van der Waals surface area contributed by atoms with Gasteiger partial charge in [0.1, 0.15) is 10.8 Å². The summed E-state index contributed by atoms with van der Waals surface area (Å²) in [5.74, 6) is 2.12. The van der Waals surface area contributed by atoms with Crippen LogP contribution in [0.15, 0.2) is 78.1 Å². The lowest BCUT2D eigenvalue weighted by molar-refractivity contribution is 0.0928. The third-order valence-electron chi connectivity index (χ3n) is 5.28. The lowest BCUT2D eigenvalue weighted by Crippen LogP contribution is -2.36. The highest BCUT2D eigenvalue weighted by molar-refractivity contribution is 7.98. The van der Waals surface area contributed by atoms with Gasteiger partial charge in [-0.05, 0) is 29.9 Å². The molecule has 0 bridgehead atoms. The Morgan fingerprint density at radius 1 is 0.964 bits per heavy atom. The van der Waals surface area contributed by atoms with E-state index >= 15 is 0 Å². The minimum absolute atomic E-state index is 0.294. The zero-order valence-corrected chi connectivity index (χ0v) is 16.6. The van der Waals surface area contributed by atoms with E-state index in [-0.39, 0.29) is 6.10 Å². The smallest absolute Gasteiger partial charge is 0.148 e. The Morgan fingerprint density at radius 2 is 1.64 bits per heavy atom. The van der Waals surface area contributed by atoms with Crippen LogP contribution in [0.25, 0.3) is 0 Å². The molecule has 1 aromatic heterocycles. The van der Waals surface area contributed by atoms with E-state index in [1.165, 1.54) is 5.56 Å². The fourth-order valence-corrected chi connectivity index (χ4v) is 4.46. The average Bonchev–Trinajstić information content (AvgIpc) is 2.79. The van der Waals surface area contributed by atoms with E-state index in [4.69, 9.17) is 4.98 Å². The van der Waals surface area contributed by atoms with Crippen LogP contribution >= 0.6 is 11.8 Å². The summed E-state index contributed by atoms with van der Waals surface area (Å²) in [5.41, 5.74) is 2.30. The fourth-order valence-electron chi connectivity index (χ4n) is 3.66. The van der Waals surface area contributed by atoms with Crippen molar-refractivity contribution in [3.63, 3.8) is 0 Å². The number of nitrogens with zero attached hydrogens (tertiary/aromatic N) is 3. The molecule has 2 heterocycles. The Kier molecular flexibility index (Phi) is 6.24. The van der Waals surface area contributed by atoms with Crippen LogP contribution < -0.4 is 4.90 Å². The molecular formula is C23H25N3OS. The van der Waals surface area contributed by atoms with Crippen LogP contribution in [-0.4, -0.2) is 28.2 Å². The third kappa shape index (κ3) is 4.72. The molecule has 5 heteroatoms. The fraction of sp³-hybridized carbons (Fsp3) is 0.304. The van der Waals surface area contributed by atoms with Crippen LogP contribution in [0.3, 0.4) is 0 Å². The van der Waals surface area contributed by atoms with E-state index in [9.17, 15) is 5.11 Å². The molecule has 4 rings (SSSR count). The maximum Gasteiger partial charge on any atom is 0.148 e. The van der Waals surface area contributed by atoms with Crippen LogP contribution in [0, 0.1) is 5.92 Å². The summed E-state index contributed by atoms with van der Waals surface area (Å²) < 4.78 is 0. The second-order valence-electron chi connectivity index (χ2n) is 7.17. The SMILES string of the molecule is OC(c1ccccc1)C1CCN(c2cncc(SCc3ccccc3)n2)CC1. The van der Waals surface area contributed by atoms with Gasteiger partial charge in [-0.25, -0.2) is 4.98 Å². The van der Waals surface area contributed by atoms with Crippen molar-refractivity contribution in [1.29, 1.82) is 0 Å². The molecule has 28 heavy (non-hydrogen) atoms. The molecule has 1 fully saturated rings. The average molecular weight is 392 g/mol. The van der Waals surface area contributed by atoms with E-state index in [0.29, 0.717) is 5.92 Å². The van der Waals surface area contributed by atoms with Gasteiger partial charge < -0.3 is 10.0 Å². The van der Waals surface area contributed by atoms with E-state index in [2.05, 4.69) is 34.1 Å². The number of anilines is 1. The summed E-state index contributed by atoms with van der Waals surface area (Å²) >= 11 is 1.71. The molecule has 1 unspecified atom stereocenters. The highest BCUT2D eigenvalue weighted by atomic mass is 32.2. The first-order chi connectivity index (χ1) is 13.8. The molecule has 144 valence electrons. The van der Waals surface area contributed by atoms with Gasteiger partial charge >= 0.3 is 0 Å². The first kappa shape index (κ1) is 19.0. The van der Waals surface area contributed by atoms with Gasteiger partial charge in [0, 0.05) is 18.8 Å². The molecular weight excluding hydrogens is 366 g/mol. The molecule has 0 amide bonds. The maximum atomic E-state index is 10.7. The van der Waals surface area contributed by atoms with Crippen LogP contribution in [0.2, 0.25) is 0 Å². The highest BCUT2D eigenvalue weighted by Gasteiger charge is 2.26. The summed E-state index contributed by atoms with van der Waals surface area (Å²) in [4.78, 5) is 11.5. The molecule has 3 aromatic rings. The quantitative estimate of drug-likeness (QED) is 0.616. The van der Waals surface area contributed by atoms with Gasteiger partial charge in [-0.3, -0.25) is 4.98 Å². The van der Waals surface area contributed by atoms with Crippen molar-refractivity contribution >= 4 is 17.6 Å². The third-order valence-corrected chi connectivity index (χ3v) is 6.25. The summed E-state index contributed by atoms with van der Waals surface area (Å²) in [6.45, 7) is 1.80. The first-order valence-corrected chi connectivity index (χ1v) is 10.7. The predicted octanol–water partition coefficient (Wildman–Crippen LogP) is 4.72. The second-order valence-corrected chi connectivity index (χ2v) is 8.17. The van der Waals surface area contributed by atoms with Gasteiger partial charge in [-0.15, -0.1) is 11.8 Å². The lowest BCUT2D eigenvalue weighted by Gasteiger charge is -2.35. The van der Waals surface area contributed by atoms with E-state index in [0.717, 1.165) is 48.1 Å². The molecule has 1 N–H and O–H groups in total. The number of thioether (sulfide) groups is 1. The van der Waals surface area contributed by atoms with E-state index in [1.807, 2.05) is 48.8 Å². The van der Waals surface area contributed by atoms with Crippen molar-refractivity contribution in [1.82, 2.24) is 9.97 Å². The van der Waals surface area contributed by atoms with Crippen molar-refractivity contribution in [3.8, 4) is 0 Å². The summed E-state index contributed by atoms with van der Waals surface area (Å²) in [6, 6.07) is 20.4.